The second-order valence-corrected chi connectivity index (χ2v) is 4.54. The molecule has 16 heavy (non-hydrogen) atoms. The molecule has 1 atom stereocenters. The third-order valence-corrected chi connectivity index (χ3v) is 3.11. The normalized spacial score (nSPS) is 12.2. The molecule has 1 aromatic carbocycles. The molecule has 0 aromatic heterocycles. The molecule has 0 aliphatic carbocycles. The van der Waals surface area contributed by atoms with E-state index in [0.717, 1.165) is 10.9 Å². The van der Waals surface area contributed by atoms with Gasteiger partial charge in [-0.1, -0.05) is 19.9 Å². The quantitative estimate of drug-likeness (QED) is 0.902. The number of ether oxygens (including phenoxy) is 1. The highest BCUT2D eigenvalue weighted by molar-refractivity contribution is 9.10. The molecule has 0 saturated carbocycles. The second kappa shape index (κ2) is 5.89. The van der Waals surface area contributed by atoms with Gasteiger partial charge in [-0.25, -0.2) is 4.79 Å². The van der Waals surface area contributed by atoms with Crippen molar-refractivity contribution in [1.82, 2.24) is 0 Å². The molecule has 0 unspecified atom stereocenters. The Balaban J connectivity index is 2.79. The molecular formula is C12H15BrO3. The summed E-state index contributed by atoms with van der Waals surface area (Å²) in [6, 6.07) is 5.75. The van der Waals surface area contributed by atoms with Crippen LogP contribution in [-0.4, -0.2) is 17.7 Å². The van der Waals surface area contributed by atoms with Gasteiger partial charge in [-0.3, -0.25) is 0 Å². The number of carbonyl (C=O) groups is 1. The van der Waals surface area contributed by atoms with Crippen LogP contribution in [0.5, 0.6) is 5.75 Å². The molecule has 0 aliphatic rings. The molecule has 0 heterocycles. The van der Waals surface area contributed by atoms with E-state index in [1.54, 1.807) is 6.07 Å². The van der Waals surface area contributed by atoms with Gasteiger partial charge in [0.15, 0.2) is 6.61 Å². The molecule has 0 bridgehead atoms. The van der Waals surface area contributed by atoms with Crippen LogP contribution in [-0.2, 0) is 4.79 Å². The summed E-state index contributed by atoms with van der Waals surface area (Å²) in [5, 5.41) is 8.51. The molecular weight excluding hydrogens is 272 g/mol. The summed E-state index contributed by atoms with van der Waals surface area (Å²) in [6.07, 6.45) is 1.07. The summed E-state index contributed by atoms with van der Waals surface area (Å²) in [4.78, 5) is 10.4. The number of hydrogen-bond donors (Lipinski definition) is 1. The van der Waals surface area contributed by atoms with Gasteiger partial charge in [0.25, 0.3) is 0 Å². The lowest BCUT2D eigenvalue weighted by molar-refractivity contribution is -0.139. The van der Waals surface area contributed by atoms with Gasteiger partial charge in [-0.05, 0) is 46.0 Å². The topological polar surface area (TPSA) is 46.5 Å². The average Bonchev–Trinajstić information content (AvgIpc) is 2.26. The standard InChI is InChI=1S/C12H15BrO3/c1-3-8(2)9-4-5-11(10(13)6-9)16-7-12(14)15/h4-6,8H,3,7H2,1-2H3,(H,14,15)/t8-/m1/s1. The molecule has 0 amide bonds. The van der Waals surface area contributed by atoms with E-state index in [4.69, 9.17) is 9.84 Å². The van der Waals surface area contributed by atoms with Gasteiger partial charge < -0.3 is 9.84 Å². The Kier molecular flexibility index (Phi) is 4.80. The summed E-state index contributed by atoms with van der Waals surface area (Å²) in [5.74, 6) is 0.0807. The predicted octanol–water partition coefficient (Wildman–Crippen LogP) is 3.43. The maximum atomic E-state index is 10.4. The van der Waals surface area contributed by atoms with Crippen LogP contribution in [0.3, 0.4) is 0 Å². The first-order valence-electron chi connectivity index (χ1n) is 5.18. The predicted molar refractivity (Wildman–Crippen MR) is 66.0 cm³/mol. The van der Waals surface area contributed by atoms with Crippen molar-refractivity contribution in [3.05, 3.63) is 28.2 Å². The van der Waals surface area contributed by atoms with Crippen LogP contribution in [0.1, 0.15) is 31.7 Å². The van der Waals surface area contributed by atoms with Crippen LogP contribution in [0, 0.1) is 0 Å². The maximum absolute atomic E-state index is 10.4. The Hall–Kier alpha value is -1.03. The number of carboxylic acids is 1. The van der Waals surface area contributed by atoms with Crippen molar-refractivity contribution in [2.24, 2.45) is 0 Å². The van der Waals surface area contributed by atoms with Crippen molar-refractivity contribution in [1.29, 1.82) is 0 Å². The molecule has 0 radical (unpaired) electrons. The van der Waals surface area contributed by atoms with E-state index in [0.29, 0.717) is 11.7 Å². The van der Waals surface area contributed by atoms with Crippen LogP contribution >= 0.6 is 15.9 Å². The Labute approximate surface area is 104 Å². The summed E-state index contributed by atoms with van der Waals surface area (Å²) >= 11 is 3.38. The zero-order chi connectivity index (χ0) is 12.1. The lowest BCUT2D eigenvalue weighted by atomic mass is 9.99. The van der Waals surface area contributed by atoms with Crippen LogP contribution < -0.4 is 4.74 Å². The zero-order valence-electron chi connectivity index (χ0n) is 9.37. The summed E-state index contributed by atoms with van der Waals surface area (Å²) in [7, 11) is 0. The van der Waals surface area contributed by atoms with Gasteiger partial charge in [-0.15, -0.1) is 0 Å². The lowest BCUT2D eigenvalue weighted by Gasteiger charge is -2.12. The maximum Gasteiger partial charge on any atom is 0.341 e. The minimum atomic E-state index is -0.974. The highest BCUT2D eigenvalue weighted by Gasteiger charge is 2.08. The summed E-state index contributed by atoms with van der Waals surface area (Å²) in [6.45, 7) is 3.97. The van der Waals surface area contributed by atoms with Gasteiger partial charge >= 0.3 is 5.97 Å². The summed E-state index contributed by atoms with van der Waals surface area (Å²) in [5.41, 5.74) is 1.22. The van der Waals surface area contributed by atoms with Gasteiger partial charge in [0, 0.05) is 0 Å². The number of hydrogen-bond acceptors (Lipinski definition) is 2. The number of benzene rings is 1. The third kappa shape index (κ3) is 3.52. The van der Waals surface area contributed by atoms with Crippen molar-refractivity contribution >= 4 is 21.9 Å². The molecule has 0 spiro atoms. The van der Waals surface area contributed by atoms with E-state index >= 15 is 0 Å². The Bertz CT molecular complexity index is 377. The summed E-state index contributed by atoms with van der Waals surface area (Å²) < 4.78 is 5.92. The molecule has 1 rings (SSSR count). The van der Waals surface area contributed by atoms with Crippen molar-refractivity contribution in [3.63, 3.8) is 0 Å². The number of aliphatic carboxylic acids is 1. The minimum Gasteiger partial charge on any atom is -0.481 e. The van der Waals surface area contributed by atoms with Crippen LogP contribution in [0.2, 0.25) is 0 Å². The first kappa shape index (κ1) is 13.0. The van der Waals surface area contributed by atoms with Crippen LogP contribution in [0.4, 0.5) is 0 Å². The first-order valence-corrected chi connectivity index (χ1v) is 5.98. The Morgan fingerprint density at radius 2 is 2.25 bits per heavy atom. The van der Waals surface area contributed by atoms with E-state index in [9.17, 15) is 4.79 Å². The smallest absolute Gasteiger partial charge is 0.341 e. The van der Waals surface area contributed by atoms with E-state index < -0.39 is 5.97 Å². The minimum absolute atomic E-state index is 0.318. The molecule has 88 valence electrons. The Morgan fingerprint density at radius 3 is 2.75 bits per heavy atom. The molecule has 0 aliphatic heterocycles. The van der Waals surface area contributed by atoms with E-state index in [1.807, 2.05) is 12.1 Å². The molecule has 1 aromatic rings. The zero-order valence-corrected chi connectivity index (χ0v) is 11.0. The third-order valence-electron chi connectivity index (χ3n) is 2.49. The molecule has 4 heteroatoms. The average molecular weight is 287 g/mol. The first-order chi connectivity index (χ1) is 7.54. The van der Waals surface area contributed by atoms with Crippen molar-refractivity contribution < 1.29 is 14.6 Å². The monoisotopic (exact) mass is 286 g/mol. The van der Waals surface area contributed by atoms with E-state index in [1.165, 1.54) is 5.56 Å². The van der Waals surface area contributed by atoms with Gasteiger partial charge in [-0.2, -0.15) is 0 Å². The van der Waals surface area contributed by atoms with Crippen molar-refractivity contribution in [2.75, 3.05) is 6.61 Å². The molecule has 3 nitrogen and oxygen atoms in total. The van der Waals surface area contributed by atoms with Crippen LogP contribution in [0.25, 0.3) is 0 Å². The SMILES string of the molecule is CC[C@@H](C)c1ccc(OCC(=O)O)c(Br)c1. The van der Waals surface area contributed by atoms with Crippen LogP contribution in [0.15, 0.2) is 22.7 Å². The Morgan fingerprint density at radius 1 is 1.56 bits per heavy atom. The van der Waals surface area contributed by atoms with Crippen molar-refractivity contribution in [2.45, 2.75) is 26.2 Å². The molecule has 1 N–H and O–H groups in total. The second-order valence-electron chi connectivity index (χ2n) is 3.68. The van der Waals surface area contributed by atoms with Crippen molar-refractivity contribution in [3.8, 4) is 5.75 Å². The highest BCUT2D eigenvalue weighted by atomic mass is 79.9. The fourth-order valence-electron chi connectivity index (χ4n) is 1.32. The highest BCUT2D eigenvalue weighted by Crippen LogP contribution is 2.29. The van der Waals surface area contributed by atoms with Gasteiger partial charge in [0.1, 0.15) is 5.75 Å². The van der Waals surface area contributed by atoms with Gasteiger partial charge in [0.05, 0.1) is 4.47 Å². The van der Waals surface area contributed by atoms with Gasteiger partial charge in [0.2, 0.25) is 0 Å². The largest absolute Gasteiger partial charge is 0.481 e. The lowest BCUT2D eigenvalue weighted by Crippen LogP contribution is -2.09. The number of halogens is 1. The van der Waals surface area contributed by atoms with E-state index in [-0.39, 0.29) is 6.61 Å². The molecule has 0 saturated heterocycles. The fraction of sp³-hybridized carbons (Fsp3) is 0.417. The fourth-order valence-corrected chi connectivity index (χ4v) is 1.83. The molecule has 0 fully saturated rings. The number of carboxylic acid groups (broad SMARTS) is 1. The number of rotatable bonds is 5. The van der Waals surface area contributed by atoms with E-state index in [2.05, 4.69) is 29.8 Å².